The summed E-state index contributed by atoms with van der Waals surface area (Å²) in [6.07, 6.45) is 6.71. The lowest BCUT2D eigenvalue weighted by atomic mass is 10.0. The molecule has 1 saturated carbocycles. The number of halogens is 2. The SMILES string of the molecule is Fc1ccc(Cl)cc1CNCCC1CCCC1. The minimum absolute atomic E-state index is 0.178. The Labute approximate surface area is 107 Å². The highest BCUT2D eigenvalue weighted by Crippen LogP contribution is 2.26. The number of hydrogen-bond acceptors (Lipinski definition) is 1. The highest BCUT2D eigenvalue weighted by atomic mass is 35.5. The van der Waals surface area contributed by atoms with Gasteiger partial charge in [-0.2, -0.15) is 0 Å². The first-order valence-electron chi connectivity index (χ1n) is 6.40. The second-order valence-electron chi connectivity index (χ2n) is 4.85. The second-order valence-corrected chi connectivity index (χ2v) is 5.29. The van der Waals surface area contributed by atoms with E-state index in [1.165, 1.54) is 38.2 Å². The van der Waals surface area contributed by atoms with Crippen molar-refractivity contribution in [2.75, 3.05) is 6.54 Å². The van der Waals surface area contributed by atoms with E-state index in [0.717, 1.165) is 12.5 Å². The second kappa shape index (κ2) is 6.36. The van der Waals surface area contributed by atoms with Crippen molar-refractivity contribution >= 4 is 11.6 Å². The molecule has 94 valence electrons. The molecule has 3 heteroatoms. The molecular formula is C14H19ClFN. The molecule has 0 spiro atoms. The Morgan fingerprint density at radius 1 is 1.29 bits per heavy atom. The van der Waals surface area contributed by atoms with Crippen LogP contribution in [0.5, 0.6) is 0 Å². The maximum Gasteiger partial charge on any atom is 0.127 e. The van der Waals surface area contributed by atoms with E-state index in [-0.39, 0.29) is 5.82 Å². The molecule has 0 bridgehead atoms. The van der Waals surface area contributed by atoms with Crippen LogP contribution in [0.4, 0.5) is 4.39 Å². The Bertz CT molecular complexity index is 361. The predicted octanol–water partition coefficient (Wildman–Crippen LogP) is 4.15. The van der Waals surface area contributed by atoms with E-state index in [1.807, 2.05) is 0 Å². The van der Waals surface area contributed by atoms with Crippen molar-refractivity contribution in [2.45, 2.75) is 38.6 Å². The van der Waals surface area contributed by atoms with Crippen molar-refractivity contribution in [1.29, 1.82) is 0 Å². The molecule has 0 unspecified atom stereocenters. The Kier molecular flexibility index (Phi) is 4.81. The lowest BCUT2D eigenvalue weighted by Gasteiger charge is -2.10. The van der Waals surface area contributed by atoms with Crippen LogP contribution in [-0.2, 0) is 6.54 Å². The maximum atomic E-state index is 13.4. The number of rotatable bonds is 5. The van der Waals surface area contributed by atoms with E-state index in [4.69, 9.17) is 11.6 Å². The Morgan fingerprint density at radius 2 is 2.06 bits per heavy atom. The number of nitrogens with one attached hydrogen (secondary N) is 1. The van der Waals surface area contributed by atoms with Crippen LogP contribution in [0.2, 0.25) is 5.02 Å². The van der Waals surface area contributed by atoms with Gasteiger partial charge in [-0.1, -0.05) is 37.3 Å². The quantitative estimate of drug-likeness (QED) is 0.780. The summed E-state index contributed by atoms with van der Waals surface area (Å²) in [6, 6.07) is 4.70. The van der Waals surface area contributed by atoms with Gasteiger partial charge in [0.15, 0.2) is 0 Å². The van der Waals surface area contributed by atoms with Crippen LogP contribution in [-0.4, -0.2) is 6.54 Å². The number of hydrogen-bond donors (Lipinski definition) is 1. The normalized spacial score (nSPS) is 16.6. The molecule has 0 amide bonds. The fraction of sp³-hybridized carbons (Fsp3) is 0.571. The van der Waals surface area contributed by atoms with Gasteiger partial charge >= 0.3 is 0 Å². The largest absolute Gasteiger partial charge is 0.313 e. The van der Waals surface area contributed by atoms with E-state index in [0.29, 0.717) is 17.1 Å². The summed E-state index contributed by atoms with van der Waals surface area (Å²) in [6.45, 7) is 1.54. The molecular weight excluding hydrogens is 237 g/mol. The maximum absolute atomic E-state index is 13.4. The molecule has 1 aromatic carbocycles. The minimum atomic E-state index is -0.178. The van der Waals surface area contributed by atoms with Crippen LogP contribution in [0.25, 0.3) is 0 Å². The lowest BCUT2D eigenvalue weighted by molar-refractivity contribution is 0.474. The molecule has 1 aromatic rings. The molecule has 0 aromatic heterocycles. The smallest absolute Gasteiger partial charge is 0.127 e. The van der Waals surface area contributed by atoms with Gasteiger partial charge in [0.2, 0.25) is 0 Å². The molecule has 0 radical (unpaired) electrons. The first-order chi connectivity index (χ1) is 8.25. The summed E-state index contributed by atoms with van der Waals surface area (Å²) in [5, 5.41) is 3.89. The standard InChI is InChI=1S/C14H19ClFN/c15-13-5-6-14(16)12(9-13)10-17-8-7-11-3-1-2-4-11/h5-6,9,11,17H,1-4,7-8,10H2. The van der Waals surface area contributed by atoms with Crippen LogP contribution < -0.4 is 5.32 Å². The zero-order valence-corrected chi connectivity index (χ0v) is 10.8. The average molecular weight is 256 g/mol. The van der Waals surface area contributed by atoms with Gasteiger partial charge in [0.25, 0.3) is 0 Å². The molecule has 2 rings (SSSR count). The third-order valence-electron chi connectivity index (χ3n) is 3.53. The van der Waals surface area contributed by atoms with Crippen molar-refractivity contribution in [3.05, 3.63) is 34.6 Å². The molecule has 0 aliphatic heterocycles. The van der Waals surface area contributed by atoms with Gasteiger partial charge in [0, 0.05) is 17.1 Å². The number of benzene rings is 1. The van der Waals surface area contributed by atoms with E-state index >= 15 is 0 Å². The van der Waals surface area contributed by atoms with Crippen molar-refractivity contribution in [3.63, 3.8) is 0 Å². The zero-order valence-electron chi connectivity index (χ0n) is 10.0. The van der Waals surface area contributed by atoms with Crippen molar-refractivity contribution in [3.8, 4) is 0 Å². The summed E-state index contributed by atoms with van der Waals surface area (Å²) in [7, 11) is 0. The van der Waals surface area contributed by atoms with Gasteiger partial charge in [-0.25, -0.2) is 4.39 Å². The molecule has 1 nitrogen and oxygen atoms in total. The molecule has 1 aliphatic rings. The van der Waals surface area contributed by atoms with Crippen LogP contribution in [0.15, 0.2) is 18.2 Å². The summed E-state index contributed by atoms with van der Waals surface area (Å²) in [5.74, 6) is 0.703. The van der Waals surface area contributed by atoms with Crippen LogP contribution in [0.1, 0.15) is 37.7 Å². The fourth-order valence-electron chi connectivity index (χ4n) is 2.51. The van der Waals surface area contributed by atoms with Gasteiger partial charge in [0.05, 0.1) is 0 Å². The molecule has 1 N–H and O–H groups in total. The van der Waals surface area contributed by atoms with Gasteiger partial charge in [0.1, 0.15) is 5.82 Å². The average Bonchev–Trinajstić information content (AvgIpc) is 2.82. The highest BCUT2D eigenvalue weighted by molar-refractivity contribution is 6.30. The Morgan fingerprint density at radius 3 is 2.82 bits per heavy atom. The van der Waals surface area contributed by atoms with Crippen molar-refractivity contribution in [2.24, 2.45) is 5.92 Å². The molecule has 1 aliphatic carbocycles. The van der Waals surface area contributed by atoms with Crippen LogP contribution in [0.3, 0.4) is 0 Å². The first kappa shape index (κ1) is 12.8. The monoisotopic (exact) mass is 255 g/mol. The van der Waals surface area contributed by atoms with Gasteiger partial charge < -0.3 is 5.32 Å². The van der Waals surface area contributed by atoms with Crippen LogP contribution in [0, 0.1) is 11.7 Å². The van der Waals surface area contributed by atoms with E-state index < -0.39 is 0 Å². The summed E-state index contributed by atoms with van der Waals surface area (Å²) in [4.78, 5) is 0. The molecule has 0 atom stereocenters. The highest BCUT2D eigenvalue weighted by Gasteiger charge is 2.14. The van der Waals surface area contributed by atoms with Crippen molar-refractivity contribution < 1.29 is 4.39 Å². The fourth-order valence-corrected chi connectivity index (χ4v) is 2.70. The summed E-state index contributed by atoms with van der Waals surface area (Å²) < 4.78 is 13.4. The van der Waals surface area contributed by atoms with E-state index in [9.17, 15) is 4.39 Å². The topological polar surface area (TPSA) is 12.0 Å². The van der Waals surface area contributed by atoms with Crippen molar-refractivity contribution in [1.82, 2.24) is 5.32 Å². The minimum Gasteiger partial charge on any atom is -0.313 e. The van der Waals surface area contributed by atoms with E-state index in [2.05, 4.69) is 5.32 Å². The first-order valence-corrected chi connectivity index (χ1v) is 6.78. The molecule has 0 saturated heterocycles. The summed E-state index contributed by atoms with van der Waals surface area (Å²) >= 11 is 5.84. The van der Waals surface area contributed by atoms with Gasteiger partial charge in [-0.3, -0.25) is 0 Å². The lowest BCUT2D eigenvalue weighted by Crippen LogP contribution is -2.17. The van der Waals surface area contributed by atoms with Gasteiger partial charge in [-0.15, -0.1) is 0 Å². The summed E-state index contributed by atoms with van der Waals surface area (Å²) in [5.41, 5.74) is 0.656. The molecule has 17 heavy (non-hydrogen) atoms. The van der Waals surface area contributed by atoms with Gasteiger partial charge in [-0.05, 0) is 37.1 Å². The molecule has 0 heterocycles. The van der Waals surface area contributed by atoms with Crippen LogP contribution >= 0.6 is 11.6 Å². The Hall–Kier alpha value is -0.600. The Balaban J connectivity index is 1.72. The molecule has 1 fully saturated rings. The zero-order chi connectivity index (χ0) is 12.1. The predicted molar refractivity (Wildman–Crippen MR) is 69.7 cm³/mol. The van der Waals surface area contributed by atoms with E-state index in [1.54, 1.807) is 12.1 Å². The third-order valence-corrected chi connectivity index (χ3v) is 3.76. The third kappa shape index (κ3) is 3.97.